The number of ketones is 1. The minimum atomic E-state index is 0.281. The molecule has 0 rings (SSSR count). The van der Waals surface area contributed by atoms with Crippen molar-refractivity contribution >= 4 is 5.78 Å². The smallest absolute Gasteiger partial charge is 0.129 e. The Morgan fingerprint density at radius 1 is 1.40 bits per heavy atom. The van der Waals surface area contributed by atoms with Crippen LogP contribution >= 0.6 is 0 Å². The lowest BCUT2D eigenvalue weighted by Gasteiger charge is -1.98. The number of carbonyl (C=O) groups excluding carboxylic acids is 1. The van der Waals surface area contributed by atoms with Crippen LogP contribution < -0.4 is 0 Å². The number of allylic oxidation sites excluding steroid dienone is 1. The Labute approximate surface area is 63.1 Å². The Kier molecular flexibility index (Phi) is 4.91. The van der Waals surface area contributed by atoms with Gasteiger partial charge in [-0.2, -0.15) is 0 Å². The van der Waals surface area contributed by atoms with Gasteiger partial charge < -0.3 is 4.79 Å². The van der Waals surface area contributed by atoms with E-state index in [9.17, 15) is 4.79 Å². The number of rotatable bonds is 5. The first-order valence-corrected chi connectivity index (χ1v) is 3.83. The van der Waals surface area contributed by atoms with E-state index in [4.69, 9.17) is 0 Å². The molecule has 0 saturated carbocycles. The fourth-order valence-electron chi connectivity index (χ4n) is 0.764. The molecule has 0 aliphatic heterocycles. The Morgan fingerprint density at radius 2 is 2.00 bits per heavy atom. The van der Waals surface area contributed by atoms with Gasteiger partial charge in [0.25, 0.3) is 0 Å². The largest absolute Gasteiger partial charge is 0.300 e. The lowest BCUT2D eigenvalue weighted by Crippen LogP contribution is -1.89. The van der Waals surface area contributed by atoms with E-state index in [0.717, 1.165) is 19.3 Å². The first-order chi connectivity index (χ1) is 4.66. The second-order valence-electron chi connectivity index (χ2n) is 2.66. The van der Waals surface area contributed by atoms with Crippen molar-refractivity contribution in [3.63, 3.8) is 0 Å². The normalized spacial score (nSPS) is 9.40. The molecule has 0 amide bonds. The maximum Gasteiger partial charge on any atom is 0.129 e. The summed E-state index contributed by atoms with van der Waals surface area (Å²) in [6.45, 7) is 7.59. The van der Waals surface area contributed by atoms with Crippen LogP contribution in [0.4, 0.5) is 0 Å². The van der Waals surface area contributed by atoms with Gasteiger partial charge in [-0.25, -0.2) is 0 Å². The summed E-state index contributed by atoms with van der Waals surface area (Å²) < 4.78 is 0. The molecule has 0 aromatic rings. The summed E-state index contributed by atoms with van der Waals surface area (Å²) in [5.41, 5.74) is 1.25. The molecule has 0 fully saturated rings. The van der Waals surface area contributed by atoms with Gasteiger partial charge in [-0.15, -0.1) is 0 Å². The molecule has 1 nitrogen and oxygen atoms in total. The van der Waals surface area contributed by atoms with Crippen molar-refractivity contribution in [3.05, 3.63) is 12.2 Å². The van der Waals surface area contributed by atoms with Crippen molar-refractivity contribution in [2.45, 2.75) is 39.5 Å². The van der Waals surface area contributed by atoms with Crippen LogP contribution in [-0.2, 0) is 4.79 Å². The molecule has 0 aromatic heterocycles. The number of hydrogen-bond donors (Lipinski definition) is 0. The lowest BCUT2D eigenvalue weighted by molar-refractivity contribution is -0.117. The van der Waals surface area contributed by atoms with Gasteiger partial charge >= 0.3 is 0 Å². The Morgan fingerprint density at radius 3 is 2.40 bits per heavy atom. The maximum absolute atomic E-state index is 10.5. The first kappa shape index (κ1) is 9.41. The second kappa shape index (κ2) is 5.21. The van der Waals surface area contributed by atoms with Gasteiger partial charge in [-0.3, -0.25) is 0 Å². The standard InChI is InChI=1S/C9H16O/c1-4-8(2)6-5-7-9(3)10/h2,4-7H2,1,3H3. The molecule has 0 heterocycles. The monoisotopic (exact) mass is 140 g/mol. The summed E-state index contributed by atoms with van der Waals surface area (Å²) >= 11 is 0. The average molecular weight is 140 g/mol. The quantitative estimate of drug-likeness (QED) is 0.536. The predicted molar refractivity (Wildman–Crippen MR) is 44.0 cm³/mol. The Hall–Kier alpha value is -0.590. The summed E-state index contributed by atoms with van der Waals surface area (Å²) in [5, 5.41) is 0. The minimum Gasteiger partial charge on any atom is -0.300 e. The molecule has 0 N–H and O–H groups in total. The SMILES string of the molecule is C=C(CC)CCCC(C)=O. The maximum atomic E-state index is 10.5. The van der Waals surface area contributed by atoms with Crippen molar-refractivity contribution < 1.29 is 4.79 Å². The summed E-state index contributed by atoms with van der Waals surface area (Å²) in [7, 11) is 0. The van der Waals surface area contributed by atoms with E-state index in [1.165, 1.54) is 5.57 Å². The highest BCUT2D eigenvalue weighted by atomic mass is 16.1. The summed E-state index contributed by atoms with van der Waals surface area (Å²) in [6, 6.07) is 0. The number of Topliss-reactive ketones (excluding diaryl/α,β-unsaturated/α-hetero) is 1. The van der Waals surface area contributed by atoms with Gasteiger partial charge in [0.05, 0.1) is 0 Å². The van der Waals surface area contributed by atoms with Crippen LogP contribution in [0.25, 0.3) is 0 Å². The molecular weight excluding hydrogens is 124 g/mol. The molecule has 0 radical (unpaired) electrons. The highest BCUT2D eigenvalue weighted by Crippen LogP contribution is 2.07. The second-order valence-corrected chi connectivity index (χ2v) is 2.66. The van der Waals surface area contributed by atoms with Crippen molar-refractivity contribution in [1.82, 2.24) is 0 Å². The van der Waals surface area contributed by atoms with Crippen LogP contribution in [0.5, 0.6) is 0 Å². The van der Waals surface area contributed by atoms with Crippen LogP contribution in [0.3, 0.4) is 0 Å². The van der Waals surface area contributed by atoms with Crippen LogP contribution in [0.15, 0.2) is 12.2 Å². The van der Waals surface area contributed by atoms with Gasteiger partial charge in [0, 0.05) is 6.42 Å². The van der Waals surface area contributed by atoms with Crippen molar-refractivity contribution in [1.29, 1.82) is 0 Å². The zero-order valence-electron chi connectivity index (χ0n) is 6.94. The zero-order valence-corrected chi connectivity index (χ0v) is 6.94. The molecule has 0 bridgehead atoms. The fourth-order valence-corrected chi connectivity index (χ4v) is 0.764. The molecule has 0 saturated heterocycles. The molecular formula is C9H16O. The van der Waals surface area contributed by atoms with E-state index >= 15 is 0 Å². The van der Waals surface area contributed by atoms with Gasteiger partial charge in [-0.05, 0) is 26.2 Å². The molecule has 0 spiro atoms. The number of carbonyl (C=O) groups is 1. The molecule has 58 valence electrons. The fraction of sp³-hybridized carbons (Fsp3) is 0.667. The van der Waals surface area contributed by atoms with Crippen LogP contribution in [0, 0.1) is 0 Å². The molecule has 0 atom stereocenters. The molecule has 1 heteroatoms. The van der Waals surface area contributed by atoms with Gasteiger partial charge in [-0.1, -0.05) is 19.1 Å². The third-order valence-electron chi connectivity index (χ3n) is 1.56. The lowest BCUT2D eigenvalue weighted by atomic mass is 10.1. The molecule has 10 heavy (non-hydrogen) atoms. The molecule has 0 aromatic carbocycles. The first-order valence-electron chi connectivity index (χ1n) is 3.83. The summed E-state index contributed by atoms with van der Waals surface area (Å²) in [6.07, 6.45) is 3.73. The topological polar surface area (TPSA) is 17.1 Å². The third-order valence-corrected chi connectivity index (χ3v) is 1.56. The van der Waals surface area contributed by atoms with Gasteiger partial charge in [0.1, 0.15) is 5.78 Å². The molecule has 0 unspecified atom stereocenters. The summed E-state index contributed by atoms with van der Waals surface area (Å²) in [5.74, 6) is 0.281. The predicted octanol–water partition coefficient (Wildman–Crippen LogP) is 2.71. The van der Waals surface area contributed by atoms with Crippen molar-refractivity contribution in [2.75, 3.05) is 0 Å². The van der Waals surface area contributed by atoms with Crippen molar-refractivity contribution in [3.8, 4) is 0 Å². The van der Waals surface area contributed by atoms with E-state index in [-0.39, 0.29) is 5.78 Å². The highest BCUT2D eigenvalue weighted by molar-refractivity contribution is 5.75. The Bertz CT molecular complexity index is 125. The van der Waals surface area contributed by atoms with Gasteiger partial charge in [0.15, 0.2) is 0 Å². The summed E-state index contributed by atoms with van der Waals surface area (Å²) in [4.78, 5) is 10.5. The molecule has 0 aliphatic rings. The van der Waals surface area contributed by atoms with E-state index in [1.54, 1.807) is 6.92 Å². The van der Waals surface area contributed by atoms with Crippen LogP contribution in [-0.4, -0.2) is 5.78 Å². The Balaban J connectivity index is 3.20. The zero-order chi connectivity index (χ0) is 7.98. The highest BCUT2D eigenvalue weighted by Gasteiger charge is 1.94. The molecule has 0 aliphatic carbocycles. The van der Waals surface area contributed by atoms with E-state index < -0.39 is 0 Å². The van der Waals surface area contributed by atoms with E-state index in [0.29, 0.717) is 6.42 Å². The average Bonchev–Trinajstić information content (AvgIpc) is 1.87. The van der Waals surface area contributed by atoms with Crippen LogP contribution in [0.1, 0.15) is 39.5 Å². The van der Waals surface area contributed by atoms with Crippen molar-refractivity contribution in [2.24, 2.45) is 0 Å². The van der Waals surface area contributed by atoms with Gasteiger partial charge in [0.2, 0.25) is 0 Å². The number of hydrogen-bond acceptors (Lipinski definition) is 1. The van der Waals surface area contributed by atoms with E-state index in [1.807, 2.05) is 0 Å². The minimum absolute atomic E-state index is 0.281. The van der Waals surface area contributed by atoms with Crippen LogP contribution in [0.2, 0.25) is 0 Å². The van der Waals surface area contributed by atoms with E-state index in [2.05, 4.69) is 13.5 Å². The third kappa shape index (κ3) is 5.54.